The molecule has 2 N–H and O–H groups in total. The van der Waals surface area contributed by atoms with Crippen molar-refractivity contribution in [3.8, 4) is 5.75 Å². The number of nitrogens with one attached hydrogen (secondary N) is 1. The van der Waals surface area contributed by atoms with Crippen LogP contribution in [-0.4, -0.2) is 17.4 Å². The summed E-state index contributed by atoms with van der Waals surface area (Å²) in [5.41, 5.74) is 1.62. The van der Waals surface area contributed by atoms with Gasteiger partial charge in [-0.25, -0.2) is 8.78 Å². The summed E-state index contributed by atoms with van der Waals surface area (Å²) in [5, 5.41) is 12.7. The smallest absolute Gasteiger partial charge is 0.238 e. The van der Waals surface area contributed by atoms with E-state index in [2.05, 4.69) is 11.9 Å². The lowest BCUT2D eigenvalue weighted by molar-refractivity contribution is -0.115. The van der Waals surface area contributed by atoms with Gasteiger partial charge >= 0.3 is 0 Å². The maximum absolute atomic E-state index is 12.1. The number of halogens is 2. The number of unbranched alkanes of at least 4 members (excludes halogenated alkanes) is 1. The Morgan fingerprint density at radius 1 is 1.38 bits per heavy atom. The molecule has 116 valence electrons. The van der Waals surface area contributed by atoms with Crippen LogP contribution in [0.2, 0.25) is 0 Å². The molecule has 5 heteroatoms. The van der Waals surface area contributed by atoms with E-state index in [1.807, 2.05) is 0 Å². The Labute approximate surface area is 123 Å². The van der Waals surface area contributed by atoms with Crippen molar-refractivity contribution in [3.05, 3.63) is 30.3 Å². The van der Waals surface area contributed by atoms with E-state index >= 15 is 0 Å². The molecule has 0 saturated carbocycles. The molecule has 0 atom stereocenters. The van der Waals surface area contributed by atoms with E-state index in [-0.39, 0.29) is 18.1 Å². The lowest BCUT2D eigenvalue weighted by atomic mass is 9.98. The highest BCUT2D eigenvalue weighted by atomic mass is 19.3. The lowest BCUT2D eigenvalue weighted by Gasteiger charge is -2.14. The van der Waals surface area contributed by atoms with Crippen LogP contribution in [0.3, 0.4) is 0 Å². The van der Waals surface area contributed by atoms with Crippen molar-refractivity contribution in [1.82, 2.24) is 0 Å². The van der Waals surface area contributed by atoms with Gasteiger partial charge in [0.2, 0.25) is 12.3 Å². The maximum atomic E-state index is 12.1. The molecule has 0 unspecified atom stereocenters. The minimum atomic E-state index is -2.29. The summed E-state index contributed by atoms with van der Waals surface area (Å²) in [6, 6.07) is 4.84. The number of carbonyl (C=O) groups excluding carboxylic acids is 1. The molecule has 1 aromatic rings. The van der Waals surface area contributed by atoms with E-state index in [0.717, 1.165) is 0 Å². The Morgan fingerprint density at radius 2 is 2.10 bits per heavy atom. The minimum Gasteiger partial charge on any atom is -0.507 e. The molecule has 1 aromatic carbocycles. The van der Waals surface area contributed by atoms with Gasteiger partial charge in [0.05, 0.1) is 5.69 Å². The number of alkyl halides is 2. The van der Waals surface area contributed by atoms with Gasteiger partial charge < -0.3 is 10.4 Å². The van der Waals surface area contributed by atoms with Gasteiger partial charge in [0, 0.05) is 18.4 Å². The standard InChI is InChI=1S/C16H21F2NO2/c1-3-15(21)19-12-8-6-9-13(20)16(12)11(2)7-4-5-10-14(17)18/h6,8-9,14,20H,2-5,7,10H2,1H3,(H,19,21). The van der Waals surface area contributed by atoms with Crippen LogP contribution in [0.1, 0.15) is 44.6 Å². The monoisotopic (exact) mass is 297 g/mol. The zero-order chi connectivity index (χ0) is 15.8. The maximum Gasteiger partial charge on any atom is 0.238 e. The third-order valence-electron chi connectivity index (χ3n) is 3.14. The number of benzene rings is 1. The fourth-order valence-corrected chi connectivity index (χ4v) is 2.02. The van der Waals surface area contributed by atoms with Crippen LogP contribution in [0.5, 0.6) is 5.75 Å². The molecule has 0 aliphatic carbocycles. The summed E-state index contributed by atoms with van der Waals surface area (Å²) in [6.45, 7) is 5.63. The van der Waals surface area contributed by atoms with Gasteiger partial charge in [-0.2, -0.15) is 0 Å². The van der Waals surface area contributed by atoms with Crippen molar-refractivity contribution >= 4 is 17.2 Å². The van der Waals surface area contributed by atoms with Crippen LogP contribution < -0.4 is 5.32 Å². The average Bonchev–Trinajstić information content (AvgIpc) is 2.43. The molecule has 0 aliphatic heterocycles. The highest BCUT2D eigenvalue weighted by Crippen LogP contribution is 2.34. The predicted octanol–water partition coefficient (Wildman–Crippen LogP) is 4.58. The number of phenols is 1. The molecule has 1 amide bonds. The molecular weight excluding hydrogens is 276 g/mol. The molecule has 0 spiro atoms. The third kappa shape index (κ3) is 5.53. The van der Waals surface area contributed by atoms with Crippen LogP contribution >= 0.6 is 0 Å². The van der Waals surface area contributed by atoms with Crippen molar-refractivity contribution in [2.24, 2.45) is 0 Å². The number of carbonyl (C=O) groups is 1. The largest absolute Gasteiger partial charge is 0.507 e. The van der Waals surface area contributed by atoms with E-state index in [0.29, 0.717) is 42.5 Å². The molecule has 3 nitrogen and oxygen atoms in total. The third-order valence-corrected chi connectivity index (χ3v) is 3.14. The number of hydrogen-bond acceptors (Lipinski definition) is 2. The predicted molar refractivity (Wildman–Crippen MR) is 80.5 cm³/mol. The van der Waals surface area contributed by atoms with E-state index < -0.39 is 6.43 Å². The summed E-state index contributed by atoms with van der Waals surface area (Å²) in [6.07, 6.45) is -0.620. The Hall–Kier alpha value is -1.91. The minimum absolute atomic E-state index is 0.0303. The molecule has 0 heterocycles. The SMILES string of the molecule is C=C(CCCCC(F)F)c1c(O)cccc1NC(=O)CC. The molecule has 0 fully saturated rings. The molecular formula is C16H21F2NO2. The Morgan fingerprint density at radius 3 is 2.71 bits per heavy atom. The molecule has 21 heavy (non-hydrogen) atoms. The number of anilines is 1. The normalized spacial score (nSPS) is 10.7. The number of aromatic hydroxyl groups is 1. The van der Waals surface area contributed by atoms with Crippen molar-refractivity contribution in [2.75, 3.05) is 5.32 Å². The molecule has 1 rings (SSSR count). The summed E-state index contributed by atoms with van der Waals surface area (Å²) in [5.74, 6) is -0.130. The summed E-state index contributed by atoms with van der Waals surface area (Å²) in [4.78, 5) is 11.5. The summed E-state index contributed by atoms with van der Waals surface area (Å²) >= 11 is 0. The molecule has 0 radical (unpaired) electrons. The van der Waals surface area contributed by atoms with Gasteiger partial charge in [0.15, 0.2) is 0 Å². The van der Waals surface area contributed by atoms with Gasteiger partial charge in [0.1, 0.15) is 5.75 Å². The molecule has 0 bridgehead atoms. The van der Waals surface area contributed by atoms with E-state index in [9.17, 15) is 18.7 Å². The zero-order valence-electron chi connectivity index (χ0n) is 12.2. The first kappa shape index (κ1) is 17.1. The second-order valence-electron chi connectivity index (χ2n) is 4.84. The van der Waals surface area contributed by atoms with E-state index in [1.54, 1.807) is 19.1 Å². The van der Waals surface area contributed by atoms with Crippen LogP contribution in [0, 0.1) is 0 Å². The fraction of sp³-hybridized carbons (Fsp3) is 0.438. The molecule has 0 aromatic heterocycles. The van der Waals surface area contributed by atoms with Crippen LogP contribution in [-0.2, 0) is 4.79 Å². The van der Waals surface area contributed by atoms with Crippen LogP contribution in [0.15, 0.2) is 24.8 Å². The first-order valence-corrected chi connectivity index (χ1v) is 7.03. The quantitative estimate of drug-likeness (QED) is 0.690. The number of amides is 1. The van der Waals surface area contributed by atoms with Crippen molar-refractivity contribution in [1.29, 1.82) is 0 Å². The number of allylic oxidation sites excluding steroid dienone is 1. The number of phenolic OH excluding ortho intramolecular Hbond substituents is 1. The summed E-state index contributed by atoms with van der Waals surface area (Å²) in [7, 11) is 0. The lowest BCUT2D eigenvalue weighted by Crippen LogP contribution is -2.11. The van der Waals surface area contributed by atoms with Crippen LogP contribution in [0.4, 0.5) is 14.5 Å². The van der Waals surface area contributed by atoms with Crippen molar-refractivity contribution in [3.63, 3.8) is 0 Å². The van der Waals surface area contributed by atoms with Crippen LogP contribution in [0.25, 0.3) is 5.57 Å². The first-order valence-electron chi connectivity index (χ1n) is 7.03. The Bertz CT molecular complexity index is 501. The highest BCUT2D eigenvalue weighted by molar-refractivity contribution is 5.94. The van der Waals surface area contributed by atoms with E-state index in [1.165, 1.54) is 6.07 Å². The number of rotatable bonds is 8. The van der Waals surface area contributed by atoms with Crippen molar-refractivity contribution < 1.29 is 18.7 Å². The fourth-order valence-electron chi connectivity index (χ4n) is 2.02. The Kier molecular flexibility index (Phi) is 6.85. The van der Waals surface area contributed by atoms with Crippen molar-refractivity contribution in [2.45, 2.75) is 45.5 Å². The van der Waals surface area contributed by atoms with Gasteiger partial charge in [-0.3, -0.25) is 4.79 Å². The second kappa shape index (κ2) is 8.39. The molecule has 0 aliphatic rings. The van der Waals surface area contributed by atoms with Gasteiger partial charge in [-0.15, -0.1) is 0 Å². The zero-order valence-corrected chi connectivity index (χ0v) is 12.2. The molecule has 0 saturated heterocycles. The topological polar surface area (TPSA) is 49.3 Å². The summed E-state index contributed by atoms with van der Waals surface area (Å²) < 4.78 is 24.2. The highest BCUT2D eigenvalue weighted by Gasteiger charge is 2.13. The van der Waals surface area contributed by atoms with E-state index in [4.69, 9.17) is 0 Å². The second-order valence-corrected chi connectivity index (χ2v) is 4.84. The van der Waals surface area contributed by atoms with Gasteiger partial charge in [-0.05, 0) is 37.0 Å². The Balaban J connectivity index is 2.75. The average molecular weight is 297 g/mol. The van der Waals surface area contributed by atoms with Gasteiger partial charge in [0.25, 0.3) is 0 Å². The number of hydrogen-bond donors (Lipinski definition) is 2. The first-order chi connectivity index (χ1) is 9.95. The van der Waals surface area contributed by atoms with Gasteiger partial charge in [-0.1, -0.05) is 19.6 Å².